The smallest absolute Gasteiger partial charge is 0.345 e. The molecule has 0 bridgehead atoms. The minimum atomic E-state index is -0.560. The van der Waals surface area contributed by atoms with Gasteiger partial charge >= 0.3 is 5.97 Å². The first-order valence-corrected chi connectivity index (χ1v) is 9.54. The predicted molar refractivity (Wildman–Crippen MR) is 115 cm³/mol. The number of esters is 1. The summed E-state index contributed by atoms with van der Waals surface area (Å²) in [7, 11) is 4.53. The molecule has 0 amide bonds. The average molecular weight is 433 g/mol. The van der Waals surface area contributed by atoms with E-state index in [4.69, 9.17) is 23.7 Å². The maximum absolute atomic E-state index is 12.8. The van der Waals surface area contributed by atoms with Crippen LogP contribution in [0.1, 0.15) is 26.3 Å². The summed E-state index contributed by atoms with van der Waals surface area (Å²) in [5.74, 6) is 1.15. The molecule has 3 aromatic rings. The Labute approximate surface area is 184 Å². The molecule has 0 unspecified atom stereocenters. The molecule has 2 heterocycles. The Balaban J connectivity index is 1.59. The SMILES string of the molecule is COc1cc(/C=C2\Oc3cc(OC(=O)c4cccnc4)ccc3C2=O)cc(OC)c1OC. The molecule has 2 aromatic carbocycles. The summed E-state index contributed by atoms with van der Waals surface area (Å²) >= 11 is 0. The van der Waals surface area contributed by atoms with Crippen molar-refractivity contribution < 1.29 is 33.3 Å². The fourth-order valence-electron chi connectivity index (χ4n) is 3.22. The number of nitrogens with zero attached hydrogens (tertiary/aromatic N) is 1. The van der Waals surface area contributed by atoms with E-state index in [1.807, 2.05) is 0 Å². The standard InChI is InChI=1S/C24H19NO7/c1-28-20-10-14(11-21(29-2)23(20)30-3)9-19-22(26)17-7-6-16(12-18(17)32-19)31-24(27)15-5-4-8-25-13-15/h4-13H,1-3H3/b19-9-. The molecular formula is C24H19NO7. The largest absolute Gasteiger partial charge is 0.493 e. The fourth-order valence-corrected chi connectivity index (χ4v) is 3.22. The highest BCUT2D eigenvalue weighted by atomic mass is 16.5. The zero-order chi connectivity index (χ0) is 22.7. The van der Waals surface area contributed by atoms with Crippen LogP contribution in [0.25, 0.3) is 6.08 Å². The summed E-state index contributed by atoms with van der Waals surface area (Å²) in [6.45, 7) is 0. The van der Waals surface area contributed by atoms with Crippen molar-refractivity contribution in [2.45, 2.75) is 0 Å². The third-order valence-corrected chi connectivity index (χ3v) is 4.73. The zero-order valence-electron chi connectivity index (χ0n) is 17.6. The summed E-state index contributed by atoms with van der Waals surface area (Å²) in [6.07, 6.45) is 4.55. The van der Waals surface area contributed by atoms with Crippen molar-refractivity contribution in [2.24, 2.45) is 0 Å². The van der Waals surface area contributed by atoms with E-state index in [-0.39, 0.29) is 17.3 Å². The van der Waals surface area contributed by atoms with Gasteiger partial charge < -0.3 is 23.7 Å². The fraction of sp³-hybridized carbons (Fsp3) is 0.125. The first-order chi connectivity index (χ1) is 15.5. The number of pyridine rings is 1. The molecule has 1 aromatic heterocycles. The summed E-state index contributed by atoms with van der Waals surface area (Å²) in [6, 6.07) is 11.2. The maximum atomic E-state index is 12.8. The normalized spacial score (nSPS) is 13.3. The number of Topliss-reactive ketones (excluding diaryl/α,β-unsaturated/α-hetero) is 1. The molecule has 0 radical (unpaired) electrons. The molecule has 0 atom stereocenters. The van der Waals surface area contributed by atoms with Crippen LogP contribution < -0.4 is 23.7 Å². The van der Waals surface area contributed by atoms with Crippen molar-refractivity contribution >= 4 is 17.8 Å². The summed E-state index contributed by atoms with van der Waals surface area (Å²) in [4.78, 5) is 28.9. The summed E-state index contributed by atoms with van der Waals surface area (Å²) < 4.78 is 27.1. The number of rotatable bonds is 6. The van der Waals surface area contributed by atoms with E-state index < -0.39 is 5.97 Å². The third-order valence-electron chi connectivity index (χ3n) is 4.73. The lowest BCUT2D eigenvalue weighted by Gasteiger charge is -2.13. The topological polar surface area (TPSA) is 93.2 Å². The van der Waals surface area contributed by atoms with Gasteiger partial charge in [-0.1, -0.05) is 0 Å². The number of hydrogen-bond acceptors (Lipinski definition) is 8. The second kappa shape index (κ2) is 8.81. The van der Waals surface area contributed by atoms with Gasteiger partial charge in [0.1, 0.15) is 11.5 Å². The minimum Gasteiger partial charge on any atom is -0.493 e. The van der Waals surface area contributed by atoms with E-state index in [0.717, 1.165) is 0 Å². The van der Waals surface area contributed by atoms with Crippen molar-refractivity contribution in [2.75, 3.05) is 21.3 Å². The van der Waals surface area contributed by atoms with E-state index in [2.05, 4.69) is 4.98 Å². The van der Waals surface area contributed by atoms with Gasteiger partial charge in [-0.25, -0.2) is 4.79 Å². The van der Waals surface area contributed by atoms with E-state index in [9.17, 15) is 9.59 Å². The van der Waals surface area contributed by atoms with Crippen LogP contribution in [0.5, 0.6) is 28.7 Å². The van der Waals surface area contributed by atoms with Crippen molar-refractivity contribution in [3.63, 3.8) is 0 Å². The molecule has 8 heteroatoms. The van der Waals surface area contributed by atoms with Crippen LogP contribution >= 0.6 is 0 Å². The van der Waals surface area contributed by atoms with Crippen LogP contribution in [-0.4, -0.2) is 38.1 Å². The lowest BCUT2D eigenvalue weighted by atomic mass is 10.1. The van der Waals surface area contributed by atoms with Gasteiger partial charge in [-0.05, 0) is 48.0 Å². The van der Waals surface area contributed by atoms with Crippen LogP contribution in [0.15, 0.2) is 60.6 Å². The average Bonchev–Trinajstić information content (AvgIpc) is 3.13. The molecular weight excluding hydrogens is 414 g/mol. The number of fused-ring (bicyclic) bond motifs is 1. The Morgan fingerprint density at radius 3 is 2.38 bits per heavy atom. The molecule has 0 saturated carbocycles. The number of methoxy groups -OCH3 is 3. The van der Waals surface area contributed by atoms with E-state index in [1.165, 1.54) is 39.7 Å². The number of carbonyl (C=O) groups excluding carboxylic acids is 2. The van der Waals surface area contributed by atoms with Crippen LogP contribution in [0.4, 0.5) is 0 Å². The van der Waals surface area contributed by atoms with Crippen molar-refractivity contribution in [3.8, 4) is 28.7 Å². The lowest BCUT2D eigenvalue weighted by Crippen LogP contribution is -2.08. The Morgan fingerprint density at radius 1 is 1.00 bits per heavy atom. The zero-order valence-corrected chi connectivity index (χ0v) is 17.6. The molecule has 0 saturated heterocycles. The van der Waals surface area contributed by atoms with Crippen LogP contribution in [-0.2, 0) is 0 Å². The van der Waals surface area contributed by atoms with E-state index in [1.54, 1.807) is 42.6 Å². The minimum absolute atomic E-state index is 0.116. The van der Waals surface area contributed by atoms with Crippen LogP contribution in [0, 0.1) is 0 Å². The van der Waals surface area contributed by atoms with Crippen molar-refractivity contribution in [1.82, 2.24) is 4.98 Å². The molecule has 162 valence electrons. The van der Waals surface area contributed by atoms with Gasteiger partial charge in [0.2, 0.25) is 11.5 Å². The van der Waals surface area contributed by atoms with E-state index >= 15 is 0 Å². The summed E-state index contributed by atoms with van der Waals surface area (Å²) in [5, 5.41) is 0. The predicted octanol–water partition coefficient (Wildman–Crippen LogP) is 3.94. The van der Waals surface area contributed by atoms with Crippen molar-refractivity contribution in [3.05, 3.63) is 77.3 Å². The lowest BCUT2D eigenvalue weighted by molar-refractivity contribution is 0.0734. The molecule has 4 rings (SSSR count). The van der Waals surface area contributed by atoms with Gasteiger partial charge in [-0.2, -0.15) is 0 Å². The van der Waals surface area contributed by atoms with Gasteiger partial charge in [0, 0.05) is 18.5 Å². The number of aromatic nitrogens is 1. The van der Waals surface area contributed by atoms with E-state index in [0.29, 0.717) is 39.7 Å². The van der Waals surface area contributed by atoms with Gasteiger partial charge in [0.25, 0.3) is 0 Å². The number of carbonyl (C=O) groups is 2. The first kappa shape index (κ1) is 20.9. The first-order valence-electron chi connectivity index (χ1n) is 9.54. The Hall–Kier alpha value is -4.33. The number of hydrogen-bond donors (Lipinski definition) is 0. The molecule has 0 N–H and O–H groups in total. The second-order valence-corrected chi connectivity index (χ2v) is 6.69. The summed E-state index contributed by atoms with van der Waals surface area (Å²) in [5.41, 5.74) is 1.30. The highest BCUT2D eigenvalue weighted by molar-refractivity contribution is 6.14. The Kier molecular flexibility index (Phi) is 5.76. The van der Waals surface area contributed by atoms with Gasteiger partial charge in [0.15, 0.2) is 17.3 Å². The van der Waals surface area contributed by atoms with Gasteiger partial charge in [-0.3, -0.25) is 9.78 Å². The third kappa shape index (κ3) is 3.98. The highest BCUT2D eigenvalue weighted by Gasteiger charge is 2.28. The Bertz CT molecular complexity index is 1190. The quantitative estimate of drug-likeness (QED) is 0.328. The van der Waals surface area contributed by atoms with Gasteiger partial charge in [0.05, 0.1) is 32.5 Å². The molecule has 0 fully saturated rings. The van der Waals surface area contributed by atoms with Crippen LogP contribution in [0.3, 0.4) is 0 Å². The maximum Gasteiger partial charge on any atom is 0.345 e. The number of allylic oxidation sites excluding steroid dienone is 1. The molecule has 32 heavy (non-hydrogen) atoms. The monoisotopic (exact) mass is 433 g/mol. The number of ketones is 1. The van der Waals surface area contributed by atoms with Crippen LogP contribution in [0.2, 0.25) is 0 Å². The highest BCUT2D eigenvalue weighted by Crippen LogP contribution is 2.40. The molecule has 1 aliphatic rings. The molecule has 0 spiro atoms. The number of ether oxygens (including phenoxy) is 5. The molecule has 8 nitrogen and oxygen atoms in total. The molecule has 1 aliphatic heterocycles. The number of benzene rings is 2. The Morgan fingerprint density at radius 2 is 1.75 bits per heavy atom. The van der Waals surface area contributed by atoms with Gasteiger partial charge in [-0.15, -0.1) is 0 Å². The van der Waals surface area contributed by atoms with Crippen molar-refractivity contribution in [1.29, 1.82) is 0 Å². The molecule has 0 aliphatic carbocycles. The second-order valence-electron chi connectivity index (χ2n) is 6.69.